The molecule has 1 aliphatic carbocycles. The van der Waals surface area contributed by atoms with E-state index in [-0.39, 0.29) is 5.97 Å². The SMILES string of the molecule is CCOC(=O)C1(c2ccc(-c3ccc(-c4onc(C)c4CN4CCC(c5ccccc5)C4)cc3)cc2)CC1. The first kappa shape index (κ1) is 24.6. The van der Waals surface area contributed by atoms with Crippen molar-refractivity contribution in [3.63, 3.8) is 0 Å². The van der Waals surface area contributed by atoms with Gasteiger partial charge in [-0.1, -0.05) is 84.0 Å². The molecule has 1 unspecified atom stereocenters. The van der Waals surface area contributed by atoms with Crippen LogP contribution in [0.4, 0.5) is 0 Å². The van der Waals surface area contributed by atoms with Crippen molar-refractivity contribution in [2.75, 3.05) is 19.7 Å². The Kier molecular flexibility index (Phi) is 6.62. The second-order valence-electron chi connectivity index (χ2n) is 10.7. The monoisotopic (exact) mass is 506 g/mol. The van der Waals surface area contributed by atoms with E-state index in [0.29, 0.717) is 12.5 Å². The van der Waals surface area contributed by atoms with Gasteiger partial charge in [0.1, 0.15) is 0 Å². The molecule has 0 bridgehead atoms. The van der Waals surface area contributed by atoms with Crippen molar-refractivity contribution in [3.8, 4) is 22.5 Å². The summed E-state index contributed by atoms with van der Waals surface area (Å²) in [6.45, 7) is 7.29. The fourth-order valence-corrected chi connectivity index (χ4v) is 5.80. The number of carbonyl (C=O) groups excluding carboxylic acids is 1. The first-order valence-corrected chi connectivity index (χ1v) is 13.7. The normalized spacial score (nSPS) is 18.4. The Morgan fingerprint density at radius 1 is 0.974 bits per heavy atom. The van der Waals surface area contributed by atoms with Crippen LogP contribution in [-0.4, -0.2) is 35.7 Å². The fraction of sp³-hybridized carbons (Fsp3) is 0.333. The molecule has 0 N–H and O–H groups in total. The summed E-state index contributed by atoms with van der Waals surface area (Å²) in [5.41, 5.74) is 7.46. The quantitative estimate of drug-likeness (QED) is 0.243. The highest BCUT2D eigenvalue weighted by molar-refractivity contribution is 5.87. The molecule has 1 saturated carbocycles. The first-order valence-electron chi connectivity index (χ1n) is 13.7. The topological polar surface area (TPSA) is 55.6 Å². The molecule has 2 aliphatic rings. The van der Waals surface area contributed by atoms with Crippen molar-refractivity contribution in [2.45, 2.75) is 51.0 Å². The zero-order valence-corrected chi connectivity index (χ0v) is 22.2. The van der Waals surface area contributed by atoms with Crippen molar-refractivity contribution in [1.29, 1.82) is 0 Å². The van der Waals surface area contributed by atoms with Crippen LogP contribution >= 0.6 is 0 Å². The molecule has 1 saturated heterocycles. The van der Waals surface area contributed by atoms with Crippen LogP contribution in [0.15, 0.2) is 83.4 Å². The molecule has 0 amide bonds. The summed E-state index contributed by atoms with van der Waals surface area (Å²) in [7, 11) is 0. The van der Waals surface area contributed by atoms with Crippen LogP contribution in [0.25, 0.3) is 22.5 Å². The van der Waals surface area contributed by atoms with E-state index in [0.717, 1.165) is 66.2 Å². The lowest BCUT2D eigenvalue weighted by Gasteiger charge is -2.16. The van der Waals surface area contributed by atoms with Gasteiger partial charge in [-0.25, -0.2) is 0 Å². The smallest absolute Gasteiger partial charge is 0.316 e. The van der Waals surface area contributed by atoms with Crippen molar-refractivity contribution >= 4 is 5.97 Å². The van der Waals surface area contributed by atoms with Gasteiger partial charge in [-0.15, -0.1) is 0 Å². The molecule has 2 fully saturated rings. The van der Waals surface area contributed by atoms with E-state index in [4.69, 9.17) is 9.26 Å². The highest BCUT2D eigenvalue weighted by atomic mass is 16.5. The lowest BCUT2D eigenvalue weighted by atomic mass is 9.93. The van der Waals surface area contributed by atoms with Crippen molar-refractivity contribution < 1.29 is 14.1 Å². The summed E-state index contributed by atoms with van der Waals surface area (Å²) in [6.07, 6.45) is 2.91. The number of rotatable bonds is 8. The minimum atomic E-state index is -0.435. The molecule has 1 aromatic heterocycles. The molecule has 194 valence electrons. The van der Waals surface area contributed by atoms with Crippen molar-refractivity contribution in [2.24, 2.45) is 0 Å². The summed E-state index contributed by atoms with van der Waals surface area (Å²) in [5, 5.41) is 4.32. The molecule has 3 aromatic carbocycles. The Labute approximate surface area is 224 Å². The van der Waals surface area contributed by atoms with Gasteiger partial charge in [0.25, 0.3) is 0 Å². The molecular formula is C33H34N2O3. The van der Waals surface area contributed by atoms with Gasteiger partial charge >= 0.3 is 5.97 Å². The third-order valence-electron chi connectivity index (χ3n) is 8.24. The number of aryl methyl sites for hydroxylation is 1. The number of esters is 1. The van der Waals surface area contributed by atoms with Gasteiger partial charge in [0.05, 0.1) is 17.7 Å². The van der Waals surface area contributed by atoms with E-state index in [1.807, 2.05) is 13.8 Å². The molecule has 0 spiro atoms. The zero-order chi connectivity index (χ0) is 26.1. The Hall–Kier alpha value is -3.70. The second kappa shape index (κ2) is 10.2. The number of aromatic nitrogens is 1. The van der Waals surface area contributed by atoms with Crippen LogP contribution in [0.1, 0.15) is 54.5 Å². The van der Waals surface area contributed by atoms with Gasteiger partial charge in [0.15, 0.2) is 5.76 Å². The Morgan fingerprint density at radius 2 is 1.63 bits per heavy atom. The van der Waals surface area contributed by atoms with Crippen LogP contribution < -0.4 is 0 Å². The van der Waals surface area contributed by atoms with E-state index in [2.05, 4.69) is 88.9 Å². The number of hydrogen-bond donors (Lipinski definition) is 0. The number of ether oxygens (including phenoxy) is 1. The van der Waals surface area contributed by atoms with E-state index in [1.54, 1.807) is 0 Å². The first-order chi connectivity index (χ1) is 18.6. The number of likely N-dealkylation sites (tertiary alicyclic amines) is 1. The Morgan fingerprint density at radius 3 is 2.29 bits per heavy atom. The van der Waals surface area contributed by atoms with Crippen LogP contribution in [0.5, 0.6) is 0 Å². The highest BCUT2D eigenvalue weighted by Crippen LogP contribution is 2.49. The molecular weight excluding hydrogens is 472 g/mol. The van der Waals surface area contributed by atoms with E-state index in [1.165, 1.54) is 17.5 Å². The van der Waals surface area contributed by atoms with Crippen molar-refractivity contribution in [1.82, 2.24) is 10.1 Å². The molecule has 5 heteroatoms. The van der Waals surface area contributed by atoms with E-state index < -0.39 is 5.41 Å². The molecule has 1 aliphatic heterocycles. The average molecular weight is 507 g/mol. The van der Waals surface area contributed by atoms with Gasteiger partial charge in [-0.05, 0) is 67.8 Å². The molecule has 1 atom stereocenters. The van der Waals surface area contributed by atoms with Crippen LogP contribution in [-0.2, 0) is 21.5 Å². The summed E-state index contributed by atoms with van der Waals surface area (Å²) in [4.78, 5) is 14.9. The number of carbonyl (C=O) groups is 1. The van der Waals surface area contributed by atoms with Gasteiger partial charge < -0.3 is 9.26 Å². The number of nitrogens with zero attached hydrogens (tertiary/aromatic N) is 2. The largest absolute Gasteiger partial charge is 0.465 e. The lowest BCUT2D eigenvalue weighted by molar-refractivity contribution is -0.146. The van der Waals surface area contributed by atoms with Crippen LogP contribution in [0.3, 0.4) is 0 Å². The van der Waals surface area contributed by atoms with Gasteiger partial charge in [0, 0.05) is 24.2 Å². The van der Waals surface area contributed by atoms with Gasteiger partial charge in [0.2, 0.25) is 0 Å². The molecule has 5 nitrogen and oxygen atoms in total. The predicted octanol–water partition coefficient (Wildman–Crippen LogP) is 6.90. The molecule has 0 radical (unpaired) electrons. The minimum Gasteiger partial charge on any atom is -0.465 e. The minimum absolute atomic E-state index is 0.0974. The third-order valence-corrected chi connectivity index (χ3v) is 8.24. The Bertz CT molecular complexity index is 1400. The lowest BCUT2D eigenvalue weighted by Crippen LogP contribution is -2.23. The number of hydrogen-bond acceptors (Lipinski definition) is 5. The maximum absolute atomic E-state index is 12.4. The maximum Gasteiger partial charge on any atom is 0.316 e. The van der Waals surface area contributed by atoms with Crippen LogP contribution in [0.2, 0.25) is 0 Å². The van der Waals surface area contributed by atoms with Gasteiger partial charge in [-0.2, -0.15) is 0 Å². The van der Waals surface area contributed by atoms with E-state index >= 15 is 0 Å². The molecule has 38 heavy (non-hydrogen) atoms. The number of benzene rings is 3. The fourth-order valence-electron chi connectivity index (χ4n) is 5.80. The van der Waals surface area contributed by atoms with Crippen molar-refractivity contribution in [3.05, 3.63) is 101 Å². The second-order valence-corrected chi connectivity index (χ2v) is 10.7. The molecule has 4 aromatic rings. The zero-order valence-electron chi connectivity index (χ0n) is 22.2. The molecule has 6 rings (SSSR count). The maximum atomic E-state index is 12.4. The standard InChI is InChI=1S/C33H34N2O3/c1-3-37-32(36)33(18-19-33)29-15-13-26(14-16-29)25-9-11-27(12-10-25)31-30(23(2)34-38-31)22-35-20-17-28(21-35)24-7-5-4-6-8-24/h4-16,28H,3,17-22H2,1-2H3. The third kappa shape index (κ3) is 4.67. The predicted molar refractivity (Wildman–Crippen MR) is 149 cm³/mol. The highest BCUT2D eigenvalue weighted by Gasteiger charge is 2.52. The van der Waals surface area contributed by atoms with Gasteiger partial charge in [-0.3, -0.25) is 9.69 Å². The average Bonchev–Trinajstić information content (AvgIpc) is 3.51. The summed E-state index contributed by atoms with van der Waals surface area (Å²) in [5.74, 6) is 1.34. The van der Waals surface area contributed by atoms with Crippen LogP contribution in [0, 0.1) is 6.92 Å². The summed E-state index contributed by atoms with van der Waals surface area (Å²) >= 11 is 0. The van der Waals surface area contributed by atoms with E-state index in [9.17, 15) is 4.79 Å². The summed E-state index contributed by atoms with van der Waals surface area (Å²) < 4.78 is 11.1. The molecule has 2 heterocycles. The summed E-state index contributed by atoms with van der Waals surface area (Å²) in [6, 6.07) is 27.7. The Balaban J connectivity index is 1.16.